The van der Waals surface area contributed by atoms with Gasteiger partial charge in [0.25, 0.3) is 0 Å². The third-order valence-electron chi connectivity index (χ3n) is 5.33. The van der Waals surface area contributed by atoms with Crippen molar-refractivity contribution in [3.8, 4) is 0 Å². The van der Waals surface area contributed by atoms with Crippen molar-refractivity contribution < 1.29 is 26.7 Å². The first-order valence-electron chi connectivity index (χ1n) is 10.0. The quantitative estimate of drug-likeness (QED) is 0.628. The van der Waals surface area contributed by atoms with Gasteiger partial charge in [-0.05, 0) is 28.7 Å². The van der Waals surface area contributed by atoms with Crippen LogP contribution in [-0.2, 0) is 13.1 Å². The molecule has 3 N–H and O–H groups in total. The van der Waals surface area contributed by atoms with E-state index >= 15 is 0 Å². The minimum atomic E-state index is -0.0855. The van der Waals surface area contributed by atoms with E-state index in [1.807, 2.05) is 0 Å². The summed E-state index contributed by atoms with van der Waals surface area (Å²) in [5, 5.41) is 13.4. The van der Waals surface area contributed by atoms with E-state index in [0.29, 0.717) is 18.1 Å². The average molecular weight is 470 g/mol. The molecule has 0 unspecified atom stereocenters. The van der Waals surface area contributed by atoms with Crippen LogP contribution in [-0.4, -0.2) is 27.2 Å². The van der Waals surface area contributed by atoms with Crippen LogP contribution in [0.25, 0.3) is 5.57 Å². The second-order valence-corrected chi connectivity index (χ2v) is 8.42. The van der Waals surface area contributed by atoms with Gasteiger partial charge in [-0.15, -0.1) is 0 Å². The van der Waals surface area contributed by atoms with E-state index < -0.39 is 0 Å². The smallest absolute Gasteiger partial charge is 0.213 e. The molecule has 0 bridgehead atoms. The molecular weight excluding hydrogens is 442 g/mol. The van der Waals surface area contributed by atoms with Crippen molar-refractivity contribution in [1.29, 1.82) is 0 Å². The molecule has 6 nitrogen and oxygen atoms in total. The average Bonchev–Trinajstić information content (AvgIpc) is 3.26. The molecule has 0 spiro atoms. The lowest BCUT2D eigenvalue weighted by atomic mass is 9.75. The molecule has 30 heavy (non-hydrogen) atoms. The van der Waals surface area contributed by atoms with Gasteiger partial charge in [-0.2, -0.15) is 9.67 Å². The number of fused-ring (bicyclic) bond motifs is 1. The lowest BCUT2D eigenvalue weighted by molar-refractivity contribution is -0.684. The Balaban J connectivity index is 0.00000256. The molecule has 1 aliphatic heterocycles. The molecule has 3 heterocycles. The SMILES string of the molecule is CC(C)(C)C1=C(C2=CC[n+]3ccccc32)C=CCC1=Nc1cnn(CCO)c1N.[Br-]. The van der Waals surface area contributed by atoms with Crippen molar-refractivity contribution in [3.05, 3.63) is 65.7 Å². The van der Waals surface area contributed by atoms with Crippen LogP contribution in [0.1, 0.15) is 32.9 Å². The van der Waals surface area contributed by atoms with Gasteiger partial charge in [-0.3, -0.25) is 0 Å². The number of aliphatic hydroxyl groups excluding tert-OH is 1. The number of halogens is 1. The van der Waals surface area contributed by atoms with E-state index in [1.54, 1.807) is 10.9 Å². The maximum atomic E-state index is 9.18. The summed E-state index contributed by atoms with van der Waals surface area (Å²) in [6.07, 6.45) is 11.2. The monoisotopic (exact) mass is 469 g/mol. The number of hydrogen-bond donors (Lipinski definition) is 2. The highest BCUT2D eigenvalue weighted by Crippen LogP contribution is 2.40. The zero-order chi connectivity index (χ0) is 20.6. The van der Waals surface area contributed by atoms with Crippen LogP contribution in [0, 0.1) is 5.41 Å². The largest absolute Gasteiger partial charge is 1.00 e. The minimum Gasteiger partial charge on any atom is -1.00 e. The maximum Gasteiger partial charge on any atom is 0.213 e. The second-order valence-electron chi connectivity index (χ2n) is 8.42. The first-order valence-corrected chi connectivity index (χ1v) is 10.0. The molecule has 4 rings (SSSR count). The summed E-state index contributed by atoms with van der Waals surface area (Å²) in [4.78, 5) is 4.93. The van der Waals surface area contributed by atoms with Crippen LogP contribution in [0.3, 0.4) is 0 Å². The summed E-state index contributed by atoms with van der Waals surface area (Å²) in [6.45, 7) is 7.92. The highest BCUT2D eigenvalue weighted by Gasteiger charge is 2.32. The number of aliphatic hydroxyl groups is 1. The lowest BCUT2D eigenvalue weighted by Crippen LogP contribution is -3.00. The van der Waals surface area contributed by atoms with Gasteiger partial charge in [0.1, 0.15) is 11.5 Å². The third kappa shape index (κ3) is 4.04. The van der Waals surface area contributed by atoms with Crippen molar-refractivity contribution in [2.75, 3.05) is 12.3 Å². The number of nitrogen functional groups attached to an aromatic ring is 1. The summed E-state index contributed by atoms with van der Waals surface area (Å²) in [7, 11) is 0. The Morgan fingerprint density at radius 1 is 1.30 bits per heavy atom. The second kappa shape index (κ2) is 8.70. The van der Waals surface area contributed by atoms with Gasteiger partial charge in [0.2, 0.25) is 5.69 Å². The molecule has 0 aromatic carbocycles. The Morgan fingerprint density at radius 2 is 2.10 bits per heavy atom. The number of allylic oxidation sites excluding steroid dienone is 6. The predicted molar refractivity (Wildman–Crippen MR) is 116 cm³/mol. The van der Waals surface area contributed by atoms with Crippen molar-refractivity contribution in [3.63, 3.8) is 0 Å². The first kappa shape index (κ1) is 22.2. The molecular formula is C23H28BrN5O. The standard InChI is InChI=1S/C23H28N5O.BrH/c1-23(2,3)21-17(16-10-12-27-11-5-4-9-20(16)27)7-6-8-18(21)26-19-15-25-28(13-14-29)22(19)24;/h4-7,9-11,15,29H,8,12-14,24H2,1-3H3;1H/q+1;/p-1. The number of nitrogens with two attached hydrogens (primary N) is 1. The van der Waals surface area contributed by atoms with E-state index in [4.69, 9.17) is 10.7 Å². The van der Waals surface area contributed by atoms with Crippen LogP contribution in [0.5, 0.6) is 0 Å². The van der Waals surface area contributed by atoms with Gasteiger partial charge in [0.15, 0.2) is 12.7 Å². The number of pyridine rings is 1. The topological polar surface area (TPSA) is 80.3 Å². The zero-order valence-electron chi connectivity index (χ0n) is 17.6. The number of aromatic nitrogens is 3. The number of rotatable bonds is 4. The van der Waals surface area contributed by atoms with Gasteiger partial charge < -0.3 is 27.8 Å². The van der Waals surface area contributed by atoms with Crippen LogP contribution in [0.2, 0.25) is 0 Å². The van der Waals surface area contributed by atoms with Crippen LogP contribution in [0.4, 0.5) is 11.5 Å². The van der Waals surface area contributed by atoms with Gasteiger partial charge in [0.05, 0.1) is 24.9 Å². The van der Waals surface area contributed by atoms with E-state index in [2.05, 4.69) is 73.1 Å². The Morgan fingerprint density at radius 3 is 2.83 bits per heavy atom. The fourth-order valence-electron chi connectivity index (χ4n) is 4.10. The van der Waals surface area contributed by atoms with Crippen molar-refractivity contribution in [2.45, 2.75) is 40.3 Å². The van der Waals surface area contributed by atoms with Crippen LogP contribution in [0.15, 0.2) is 65.0 Å². The molecule has 2 aromatic heterocycles. The molecule has 0 saturated heterocycles. The molecule has 0 amide bonds. The molecule has 2 aromatic rings. The Kier molecular flexibility index (Phi) is 6.43. The number of aliphatic imine (C=N–C) groups is 1. The highest BCUT2D eigenvalue weighted by molar-refractivity contribution is 6.09. The van der Waals surface area contributed by atoms with Gasteiger partial charge in [-0.1, -0.05) is 32.9 Å². The van der Waals surface area contributed by atoms with Gasteiger partial charge in [0, 0.05) is 24.3 Å². The summed E-state index contributed by atoms with van der Waals surface area (Å²) in [5.41, 5.74) is 12.7. The maximum absolute atomic E-state index is 9.18. The number of anilines is 1. The number of hydrogen-bond acceptors (Lipinski definition) is 4. The van der Waals surface area contributed by atoms with Gasteiger partial charge in [-0.25, -0.2) is 9.67 Å². The van der Waals surface area contributed by atoms with E-state index in [1.165, 1.54) is 22.4 Å². The van der Waals surface area contributed by atoms with Crippen molar-refractivity contribution in [1.82, 2.24) is 9.78 Å². The minimum absolute atomic E-state index is 0. The van der Waals surface area contributed by atoms with Gasteiger partial charge >= 0.3 is 0 Å². The fourth-order valence-corrected chi connectivity index (χ4v) is 4.10. The summed E-state index contributed by atoms with van der Waals surface area (Å²) in [6, 6.07) is 6.32. The van der Waals surface area contributed by atoms with E-state index in [9.17, 15) is 5.11 Å². The Labute approximate surface area is 187 Å². The van der Waals surface area contributed by atoms with Crippen molar-refractivity contribution in [2.24, 2.45) is 10.4 Å². The lowest BCUT2D eigenvalue weighted by Gasteiger charge is -2.29. The zero-order valence-corrected chi connectivity index (χ0v) is 19.2. The normalized spacial score (nSPS) is 17.2. The van der Waals surface area contributed by atoms with Crippen LogP contribution < -0.4 is 27.3 Å². The third-order valence-corrected chi connectivity index (χ3v) is 5.33. The molecule has 7 heteroatoms. The Hall–Kier alpha value is -2.51. The molecule has 0 fully saturated rings. The molecule has 158 valence electrons. The molecule has 2 aliphatic rings. The fraction of sp³-hybridized carbons (Fsp3) is 0.348. The van der Waals surface area contributed by atoms with Crippen LogP contribution >= 0.6 is 0 Å². The van der Waals surface area contributed by atoms with Crippen molar-refractivity contribution >= 4 is 22.8 Å². The summed E-state index contributed by atoms with van der Waals surface area (Å²) in [5.74, 6) is 0.483. The molecule has 1 aliphatic carbocycles. The molecule has 0 atom stereocenters. The van der Waals surface area contributed by atoms with E-state index in [-0.39, 0.29) is 29.0 Å². The Bertz CT molecular complexity index is 1070. The predicted octanol–water partition coefficient (Wildman–Crippen LogP) is 0.221. The van der Waals surface area contributed by atoms with E-state index in [0.717, 1.165) is 18.7 Å². The first-order chi connectivity index (χ1) is 13.9. The molecule has 0 saturated carbocycles. The highest BCUT2D eigenvalue weighted by atomic mass is 79.9. The summed E-state index contributed by atoms with van der Waals surface area (Å²) < 4.78 is 3.85. The number of nitrogens with zero attached hydrogens (tertiary/aromatic N) is 4. The summed E-state index contributed by atoms with van der Waals surface area (Å²) >= 11 is 0. The molecule has 0 radical (unpaired) electrons.